The third-order valence-electron chi connectivity index (χ3n) is 5.06. The topological polar surface area (TPSA) is 119 Å². The van der Waals surface area contributed by atoms with Gasteiger partial charge in [0.05, 0.1) is 37.8 Å². The van der Waals surface area contributed by atoms with Crippen LogP contribution in [0, 0.1) is 0 Å². The molecule has 3 aromatic rings. The standard InChI is InChI=1S/C22H23N5O4S/c1-30-14-5-3-13(4-6-14)24-22(29)27-10-9-17-19(12-27)32-21(26-17)20(28)25-18-11-15(31-2)7-8-16(18)23/h3-8,11H,9-10,12,23H2,1-2H3,(H,24,29)(H,25,28). The fourth-order valence-corrected chi connectivity index (χ4v) is 4.31. The minimum absolute atomic E-state index is 0.204. The van der Waals surface area contributed by atoms with Crippen LogP contribution >= 0.6 is 11.3 Å². The van der Waals surface area contributed by atoms with Crippen LogP contribution in [-0.2, 0) is 13.0 Å². The van der Waals surface area contributed by atoms with E-state index < -0.39 is 0 Å². The van der Waals surface area contributed by atoms with E-state index in [1.165, 1.54) is 11.3 Å². The van der Waals surface area contributed by atoms with Crippen LogP contribution in [-0.4, -0.2) is 42.6 Å². The van der Waals surface area contributed by atoms with E-state index in [1.54, 1.807) is 61.6 Å². The van der Waals surface area contributed by atoms with Gasteiger partial charge in [-0.25, -0.2) is 9.78 Å². The quantitative estimate of drug-likeness (QED) is 0.508. The number of carbonyl (C=O) groups is 2. The second-order valence-corrected chi connectivity index (χ2v) is 8.21. The van der Waals surface area contributed by atoms with Gasteiger partial charge in [-0.3, -0.25) is 4.79 Å². The lowest BCUT2D eigenvalue weighted by atomic mass is 10.2. The fraction of sp³-hybridized carbons (Fsp3) is 0.227. The summed E-state index contributed by atoms with van der Waals surface area (Å²) in [7, 11) is 3.14. The molecule has 32 heavy (non-hydrogen) atoms. The molecule has 0 fully saturated rings. The number of aromatic nitrogens is 1. The van der Waals surface area contributed by atoms with Gasteiger partial charge in [0, 0.05) is 29.6 Å². The average Bonchev–Trinajstić information content (AvgIpc) is 3.24. The first-order valence-electron chi connectivity index (χ1n) is 9.90. The maximum Gasteiger partial charge on any atom is 0.322 e. The van der Waals surface area contributed by atoms with Gasteiger partial charge >= 0.3 is 6.03 Å². The van der Waals surface area contributed by atoms with E-state index in [9.17, 15) is 9.59 Å². The zero-order valence-corrected chi connectivity index (χ0v) is 18.5. The van der Waals surface area contributed by atoms with Gasteiger partial charge in [-0.15, -0.1) is 11.3 Å². The summed E-state index contributed by atoms with van der Waals surface area (Å²) >= 11 is 1.28. The molecule has 166 valence electrons. The van der Waals surface area contributed by atoms with Gasteiger partial charge < -0.3 is 30.7 Å². The number of methoxy groups -OCH3 is 2. The van der Waals surface area contributed by atoms with Gasteiger partial charge in [0.1, 0.15) is 11.5 Å². The van der Waals surface area contributed by atoms with E-state index in [0.717, 1.165) is 16.3 Å². The van der Waals surface area contributed by atoms with Crippen LogP contribution in [0.15, 0.2) is 42.5 Å². The second kappa shape index (κ2) is 9.15. The van der Waals surface area contributed by atoms with Crippen molar-refractivity contribution in [3.63, 3.8) is 0 Å². The first-order valence-corrected chi connectivity index (χ1v) is 10.7. The number of nitrogens with zero attached hydrogens (tertiary/aromatic N) is 2. The van der Waals surface area contributed by atoms with E-state index in [2.05, 4.69) is 15.6 Å². The van der Waals surface area contributed by atoms with Gasteiger partial charge in [0.2, 0.25) is 0 Å². The molecule has 1 aliphatic rings. The Morgan fingerprint density at radius 1 is 1.06 bits per heavy atom. The van der Waals surface area contributed by atoms with Crippen LogP contribution in [0.3, 0.4) is 0 Å². The Kier molecular flexibility index (Phi) is 6.13. The molecule has 0 atom stereocenters. The number of fused-ring (bicyclic) bond motifs is 1. The second-order valence-electron chi connectivity index (χ2n) is 7.13. The van der Waals surface area contributed by atoms with Crippen LogP contribution in [0.2, 0.25) is 0 Å². The summed E-state index contributed by atoms with van der Waals surface area (Å²) in [5.41, 5.74) is 8.37. The fourth-order valence-electron chi connectivity index (χ4n) is 3.29. The highest BCUT2D eigenvalue weighted by Gasteiger charge is 2.26. The summed E-state index contributed by atoms with van der Waals surface area (Å²) in [5, 5.41) is 6.00. The molecule has 1 aromatic heterocycles. The molecule has 1 aliphatic heterocycles. The molecular formula is C22H23N5O4S. The molecule has 0 aliphatic carbocycles. The lowest BCUT2D eigenvalue weighted by Gasteiger charge is -2.26. The van der Waals surface area contributed by atoms with Gasteiger partial charge in [-0.05, 0) is 36.4 Å². The number of hydrogen-bond acceptors (Lipinski definition) is 7. The van der Waals surface area contributed by atoms with Crippen molar-refractivity contribution in [3.8, 4) is 11.5 Å². The minimum atomic E-state index is -0.349. The molecule has 0 saturated carbocycles. The number of rotatable bonds is 5. The summed E-state index contributed by atoms with van der Waals surface area (Å²) < 4.78 is 10.3. The maximum atomic E-state index is 12.7. The van der Waals surface area contributed by atoms with E-state index in [0.29, 0.717) is 47.3 Å². The normalized spacial score (nSPS) is 12.6. The molecule has 0 spiro atoms. The molecule has 4 rings (SSSR count). The number of thiazole rings is 1. The lowest BCUT2D eigenvalue weighted by Crippen LogP contribution is -2.38. The van der Waals surface area contributed by atoms with Crippen LogP contribution < -0.4 is 25.8 Å². The number of nitrogens with two attached hydrogens (primary N) is 1. The third kappa shape index (κ3) is 4.59. The van der Waals surface area contributed by atoms with Crippen molar-refractivity contribution >= 4 is 40.3 Å². The van der Waals surface area contributed by atoms with Crippen molar-refractivity contribution in [1.29, 1.82) is 0 Å². The Labute approximate surface area is 189 Å². The monoisotopic (exact) mass is 453 g/mol. The molecule has 2 heterocycles. The van der Waals surface area contributed by atoms with Crippen LogP contribution in [0.25, 0.3) is 0 Å². The minimum Gasteiger partial charge on any atom is -0.497 e. The number of anilines is 3. The highest BCUT2D eigenvalue weighted by molar-refractivity contribution is 7.13. The number of carbonyl (C=O) groups excluding carboxylic acids is 2. The van der Waals surface area contributed by atoms with Crippen molar-refractivity contribution in [2.75, 3.05) is 37.1 Å². The maximum absolute atomic E-state index is 12.7. The van der Waals surface area contributed by atoms with Crippen molar-refractivity contribution in [2.45, 2.75) is 13.0 Å². The molecule has 0 bridgehead atoms. The molecule has 10 heteroatoms. The molecule has 4 N–H and O–H groups in total. The Morgan fingerprint density at radius 2 is 1.78 bits per heavy atom. The summed E-state index contributed by atoms with van der Waals surface area (Å²) in [6, 6.07) is 12.0. The zero-order chi connectivity index (χ0) is 22.7. The summed E-state index contributed by atoms with van der Waals surface area (Å²) in [6.07, 6.45) is 0.580. The molecule has 0 saturated heterocycles. The van der Waals surface area contributed by atoms with Gasteiger partial charge in [0.15, 0.2) is 5.01 Å². The highest BCUT2D eigenvalue weighted by atomic mass is 32.1. The van der Waals surface area contributed by atoms with E-state index >= 15 is 0 Å². The summed E-state index contributed by atoms with van der Waals surface area (Å²) in [5.74, 6) is 0.960. The summed E-state index contributed by atoms with van der Waals surface area (Å²) in [4.78, 5) is 32.5. The van der Waals surface area contributed by atoms with Gasteiger partial charge in [-0.2, -0.15) is 0 Å². The largest absolute Gasteiger partial charge is 0.497 e. The molecular weight excluding hydrogens is 430 g/mol. The molecule has 0 radical (unpaired) electrons. The first kappa shape index (κ1) is 21.4. The molecule has 9 nitrogen and oxygen atoms in total. The SMILES string of the molecule is COc1ccc(NC(=O)N2CCc3nc(C(=O)Nc4cc(OC)ccc4N)sc3C2)cc1. The molecule has 3 amide bonds. The third-order valence-corrected chi connectivity index (χ3v) is 6.14. The molecule has 0 unspecified atom stereocenters. The summed E-state index contributed by atoms with van der Waals surface area (Å²) in [6.45, 7) is 0.909. The van der Waals surface area contributed by atoms with E-state index in [4.69, 9.17) is 15.2 Å². The van der Waals surface area contributed by atoms with Crippen LogP contribution in [0.4, 0.5) is 21.9 Å². The van der Waals surface area contributed by atoms with Crippen LogP contribution in [0.1, 0.15) is 20.4 Å². The number of amides is 3. The number of urea groups is 1. The lowest BCUT2D eigenvalue weighted by molar-refractivity contribution is 0.102. The van der Waals surface area contributed by atoms with E-state index in [1.807, 2.05) is 0 Å². The van der Waals surface area contributed by atoms with E-state index in [-0.39, 0.29) is 11.9 Å². The van der Waals surface area contributed by atoms with Crippen molar-refractivity contribution in [1.82, 2.24) is 9.88 Å². The predicted octanol–water partition coefficient (Wildman–Crippen LogP) is 3.59. The van der Waals surface area contributed by atoms with Gasteiger partial charge in [-0.1, -0.05) is 0 Å². The Bertz CT molecular complexity index is 1150. The number of benzene rings is 2. The van der Waals surface area contributed by atoms with Crippen molar-refractivity contribution in [3.05, 3.63) is 58.0 Å². The number of nitrogen functional groups attached to an aromatic ring is 1. The molecule has 2 aromatic carbocycles. The smallest absolute Gasteiger partial charge is 0.322 e. The predicted molar refractivity (Wildman–Crippen MR) is 124 cm³/mol. The van der Waals surface area contributed by atoms with Gasteiger partial charge in [0.25, 0.3) is 5.91 Å². The number of nitrogens with one attached hydrogen (secondary N) is 2. The van der Waals surface area contributed by atoms with Crippen LogP contribution in [0.5, 0.6) is 11.5 Å². The number of hydrogen-bond donors (Lipinski definition) is 3. The number of ether oxygens (including phenoxy) is 2. The first-order chi connectivity index (χ1) is 15.5. The zero-order valence-electron chi connectivity index (χ0n) is 17.7. The Hall–Kier alpha value is -3.79. The van der Waals surface area contributed by atoms with Crippen molar-refractivity contribution < 1.29 is 19.1 Å². The average molecular weight is 454 g/mol. The Morgan fingerprint density at radius 3 is 2.50 bits per heavy atom. The Balaban J connectivity index is 1.42. The highest BCUT2D eigenvalue weighted by Crippen LogP contribution is 2.28. The van der Waals surface area contributed by atoms with Crippen molar-refractivity contribution in [2.24, 2.45) is 0 Å².